The summed E-state index contributed by atoms with van der Waals surface area (Å²) in [6, 6.07) is 3.93. The van der Waals surface area contributed by atoms with Gasteiger partial charge in [0, 0.05) is 16.4 Å². The highest BCUT2D eigenvalue weighted by molar-refractivity contribution is 9.10. The smallest absolute Gasteiger partial charge is 0.404 e. The van der Waals surface area contributed by atoms with Crippen molar-refractivity contribution >= 4 is 27.5 Å². The summed E-state index contributed by atoms with van der Waals surface area (Å²) >= 11 is 3.04. The molecule has 0 heterocycles. The van der Waals surface area contributed by atoms with Gasteiger partial charge in [-0.05, 0) is 32.0 Å². The summed E-state index contributed by atoms with van der Waals surface area (Å²) in [6.45, 7) is 3.28. The van der Waals surface area contributed by atoms with E-state index in [1.807, 2.05) is 0 Å². The van der Waals surface area contributed by atoms with Gasteiger partial charge >= 0.3 is 6.36 Å². The molecule has 112 valence electrons. The Hall–Kier alpha value is -1.28. The summed E-state index contributed by atoms with van der Waals surface area (Å²) in [6.07, 6.45) is -4.87. The van der Waals surface area contributed by atoms with Gasteiger partial charge in [-0.15, -0.1) is 13.2 Å². The first kappa shape index (κ1) is 16.8. The number of rotatable bonds is 4. The molecule has 0 aromatic heterocycles. The van der Waals surface area contributed by atoms with Crippen molar-refractivity contribution in [2.24, 2.45) is 5.73 Å². The number of ether oxygens (including phenoxy) is 1. The second-order valence-electron chi connectivity index (χ2n) is 4.90. The molecule has 1 aromatic rings. The molecule has 0 unspecified atom stereocenters. The molecule has 0 aliphatic rings. The molecule has 1 rings (SSSR count). The van der Waals surface area contributed by atoms with E-state index in [-0.39, 0.29) is 12.1 Å². The highest BCUT2D eigenvalue weighted by Gasteiger charge is 2.32. The zero-order chi connectivity index (χ0) is 15.6. The zero-order valence-corrected chi connectivity index (χ0v) is 12.4. The lowest BCUT2D eigenvalue weighted by Gasteiger charge is -2.19. The van der Waals surface area contributed by atoms with Crippen LogP contribution in [0.15, 0.2) is 22.7 Å². The van der Waals surface area contributed by atoms with Gasteiger partial charge in [-0.1, -0.05) is 15.9 Å². The minimum absolute atomic E-state index is 0.0332. The van der Waals surface area contributed by atoms with Gasteiger partial charge in [0.1, 0.15) is 0 Å². The number of benzene rings is 1. The number of halogens is 4. The highest BCUT2D eigenvalue weighted by Crippen LogP contribution is 2.33. The first-order valence-corrected chi connectivity index (χ1v) is 6.40. The van der Waals surface area contributed by atoms with Crippen LogP contribution in [-0.2, 0) is 4.79 Å². The molecule has 4 nitrogen and oxygen atoms in total. The fourth-order valence-electron chi connectivity index (χ4n) is 1.42. The number of nitrogens with one attached hydrogen (secondary N) is 1. The lowest BCUT2D eigenvalue weighted by atomic mass is 10.0. The van der Waals surface area contributed by atoms with E-state index in [4.69, 9.17) is 5.73 Å². The number of carbonyl (C=O) groups is 1. The zero-order valence-electron chi connectivity index (χ0n) is 10.8. The molecule has 0 spiro atoms. The second-order valence-corrected chi connectivity index (χ2v) is 5.82. The molecule has 1 aromatic carbocycles. The van der Waals surface area contributed by atoms with Crippen molar-refractivity contribution < 1.29 is 22.7 Å². The van der Waals surface area contributed by atoms with Crippen molar-refractivity contribution in [2.45, 2.75) is 32.2 Å². The van der Waals surface area contributed by atoms with Crippen LogP contribution in [-0.4, -0.2) is 17.8 Å². The third-order valence-corrected chi connectivity index (χ3v) is 2.55. The first-order chi connectivity index (χ1) is 8.96. The van der Waals surface area contributed by atoms with Gasteiger partial charge in [-0.3, -0.25) is 4.79 Å². The molecular formula is C12H14BrF3N2O2. The Morgan fingerprint density at radius 1 is 1.40 bits per heavy atom. The Morgan fingerprint density at radius 2 is 2.00 bits per heavy atom. The van der Waals surface area contributed by atoms with Crippen molar-refractivity contribution in [1.29, 1.82) is 0 Å². The maximum atomic E-state index is 12.3. The maximum Gasteiger partial charge on any atom is 0.573 e. The van der Waals surface area contributed by atoms with E-state index in [0.717, 1.165) is 6.07 Å². The van der Waals surface area contributed by atoms with Gasteiger partial charge in [0.2, 0.25) is 5.91 Å². The average molecular weight is 355 g/mol. The molecule has 0 aliphatic carbocycles. The molecule has 3 N–H and O–H groups in total. The molecule has 0 aliphatic heterocycles. The van der Waals surface area contributed by atoms with Crippen LogP contribution in [0.3, 0.4) is 0 Å². The third-order valence-electron chi connectivity index (χ3n) is 2.06. The van der Waals surface area contributed by atoms with Crippen molar-refractivity contribution in [3.05, 3.63) is 22.7 Å². The highest BCUT2D eigenvalue weighted by atomic mass is 79.9. The number of hydrogen-bond donors (Lipinski definition) is 2. The summed E-state index contributed by atoms with van der Waals surface area (Å²) in [5.74, 6) is -0.984. The summed E-state index contributed by atoms with van der Waals surface area (Å²) in [5, 5.41) is 2.35. The van der Waals surface area contributed by atoms with E-state index >= 15 is 0 Å². The van der Waals surface area contributed by atoms with Crippen LogP contribution in [0.5, 0.6) is 5.75 Å². The minimum atomic E-state index is -4.84. The van der Waals surface area contributed by atoms with E-state index in [1.54, 1.807) is 13.8 Å². The predicted octanol–water partition coefficient (Wildman–Crippen LogP) is 3.41. The fourth-order valence-corrected chi connectivity index (χ4v) is 1.76. The average Bonchev–Trinajstić information content (AvgIpc) is 2.17. The van der Waals surface area contributed by atoms with E-state index in [1.165, 1.54) is 12.1 Å². The van der Waals surface area contributed by atoms with E-state index < -0.39 is 23.6 Å². The monoisotopic (exact) mass is 354 g/mol. The van der Waals surface area contributed by atoms with Crippen molar-refractivity contribution in [3.8, 4) is 5.75 Å². The SMILES string of the molecule is CC(C)(N)CC(=O)Nc1ccc(Br)cc1OC(F)(F)F. The molecule has 0 radical (unpaired) electrons. The van der Waals surface area contributed by atoms with Crippen LogP contribution in [0.25, 0.3) is 0 Å². The van der Waals surface area contributed by atoms with Crippen LogP contribution < -0.4 is 15.8 Å². The van der Waals surface area contributed by atoms with Crippen molar-refractivity contribution in [3.63, 3.8) is 0 Å². The molecule has 8 heteroatoms. The fraction of sp³-hybridized carbons (Fsp3) is 0.417. The van der Waals surface area contributed by atoms with Crippen molar-refractivity contribution in [1.82, 2.24) is 0 Å². The summed E-state index contributed by atoms with van der Waals surface area (Å²) < 4.78 is 41.1. The van der Waals surface area contributed by atoms with Crippen LogP contribution in [0.2, 0.25) is 0 Å². The Kier molecular flexibility index (Phi) is 5.04. The van der Waals surface area contributed by atoms with Gasteiger partial charge in [0.15, 0.2) is 5.75 Å². The van der Waals surface area contributed by atoms with E-state index in [9.17, 15) is 18.0 Å². The molecule has 0 bridgehead atoms. The number of hydrogen-bond acceptors (Lipinski definition) is 3. The molecule has 20 heavy (non-hydrogen) atoms. The molecule has 0 atom stereocenters. The Bertz CT molecular complexity index is 498. The van der Waals surface area contributed by atoms with Crippen molar-refractivity contribution in [2.75, 3.05) is 5.32 Å². The Labute approximate surface area is 122 Å². The number of amides is 1. The van der Waals surface area contributed by atoms with Crippen LogP contribution >= 0.6 is 15.9 Å². The van der Waals surface area contributed by atoms with Crippen LogP contribution in [0, 0.1) is 0 Å². The van der Waals surface area contributed by atoms with Gasteiger partial charge in [0.05, 0.1) is 5.69 Å². The lowest BCUT2D eigenvalue weighted by Crippen LogP contribution is -2.36. The number of alkyl halides is 3. The maximum absolute atomic E-state index is 12.3. The number of nitrogens with two attached hydrogens (primary N) is 1. The standard InChI is InChI=1S/C12H14BrF3N2O2/c1-11(2,17)6-10(19)18-8-4-3-7(13)5-9(8)20-12(14,15)16/h3-5H,6,17H2,1-2H3,(H,18,19). The summed E-state index contributed by atoms with van der Waals surface area (Å²) in [5.41, 5.74) is 4.85. The number of carbonyl (C=O) groups excluding carboxylic acids is 1. The van der Waals surface area contributed by atoms with Crippen LogP contribution in [0.1, 0.15) is 20.3 Å². The summed E-state index contributed by atoms with van der Waals surface area (Å²) in [4.78, 5) is 11.7. The molecule has 1 amide bonds. The summed E-state index contributed by atoms with van der Waals surface area (Å²) in [7, 11) is 0. The first-order valence-electron chi connectivity index (χ1n) is 5.60. The van der Waals surface area contributed by atoms with Gasteiger partial charge < -0.3 is 15.8 Å². The van der Waals surface area contributed by atoms with Crippen LogP contribution in [0.4, 0.5) is 18.9 Å². The lowest BCUT2D eigenvalue weighted by molar-refractivity contribution is -0.274. The topological polar surface area (TPSA) is 64.4 Å². The quantitative estimate of drug-likeness (QED) is 0.870. The normalized spacial score (nSPS) is 12.2. The predicted molar refractivity (Wildman–Crippen MR) is 72.3 cm³/mol. The molecular weight excluding hydrogens is 341 g/mol. The third kappa shape index (κ3) is 6.25. The number of anilines is 1. The van der Waals surface area contributed by atoms with E-state index in [2.05, 4.69) is 26.0 Å². The second kappa shape index (κ2) is 6.01. The molecule has 0 saturated heterocycles. The Balaban J connectivity index is 2.92. The Morgan fingerprint density at radius 3 is 2.50 bits per heavy atom. The molecule has 0 fully saturated rings. The van der Waals surface area contributed by atoms with Gasteiger partial charge in [0.25, 0.3) is 0 Å². The van der Waals surface area contributed by atoms with Gasteiger partial charge in [-0.25, -0.2) is 0 Å². The minimum Gasteiger partial charge on any atom is -0.404 e. The van der Waals surface area contributed by atoms with E-state index in [0.29, 0.717) is 4.47 Å². The largest absolute Gasteiger partial charge is 0.573 e. The molecule has 0 saturated carbocycles. The van der Waals surface area contributed by atoms with Gasteiger partial charge in [-0.2, -0.15) is 0 Å².